The Hall–Kier alpha value is -3.48. The monoisotopic (exact) mass is 336 g/mol. The van der Waals surface area contributed by atoms with Gasteiger partial charge >= 0.3 is 0 Å². The minimum absolute atomic E-state index is 0.184. The van der Waals surface area contributed by atoms with Crippen LogP contribution in [0.1, 0.15) is 20.8 Å². The van der Waals surface area contributed by atoms with Gasteiger partial charge in [0.15, 0.2) is 5.69 Å². The van der Waals surface area contributed by atoms with E-state index in [0.717, 1.165) is 0 Å². The van der Waals surface area contributed by atoms with E-state index in [-0.39, 0.29) is 11.6 Å². The molecule has 0 spiro atoms. The maximum Gasteiger partial charge on any atom is 0.280 e. The van der Waals surface area contributed by atoms with Crippen LogP contribution < -0.4 is 16.1 Å². The predicted molar refractivity (Wildman–Crippen MR) is 94.8 cm³/mol. The van der Waals surface area contributed by atoms with Gasteiger partial charge in [0.25, 0.3) is 11.8 Å². The lowest BCUT2D eigenvalue weighted by Gasteiger charge is -2.09. The fourth-order valence-corrected chi connectivity index (χ4v) is 2.51. The number of hydrogen-bond donors (Lipinski definition) is 2. The van der Waals surface area contributed by atoms with Crippen LogP contribution in [-0.2, 0) is 7.05 Å². The fraction of sp³-hybridized carbons (Fsp3) is 0.111. The smallest absolute Gasteiger partial charge is 0.280 e. The molecule has 1 heterocycles. The number of fused-ring (bicyclic) bond motifs is 1. The summed E-state index contributed by atoms with van der Waals surface area (Å²) in [6.45, 7) is 0. The van der Waals surface area contributed by atoms with Gasteiger partial charge in [-0.1, -0.05) is 12.1 Å². The first kappa shape index (κ1) is 16.4. The van der Waals surface area contributed by atoms with Crippen molar-refractivity contribution < 1.29 is 9.59 Å². The van der Waals surface area contributed by atoms with E-state index in [4.69, 9.17) is 0 Å². The molecule has 2 amide bonds. The SMILES string of the molecule is CNC(=O)c1ccc(NC(=O)c2nn(C)c3ccccc3c2=O)cc1. The van der Waals surface area contributed by atoms with Gasteiger partial charge in [0.1, 0.15) is 0 Å². The summed E-state index contributed by atoms with van der Waals surface area (Å²) in [4.78, 5) is 36.5. The number of anilines is 1. The summed E-state index contributed by atoms with van der Waals surface area (Å²) < 4.78 is 1.50. The summed E-state index contributed by atoms with van der Waals surface area (Å²) in [6.07, 6.45) is 0. The maximum atomic E-state index is 12.5. The molecule has 0 saturated heterocycles. The van der Waals surface area contributed by atoms with Gasteiger partial charge in [-0.15, -0.1) is 0 Å². The molecule has 2 aromatic carbocycles. The number of aryl methyl sites for hydroxylation is 1. The van der Waals surface area contributed by atoms with Gasteiger partial charge in [-0.3, -0.25) is 19.1 Å². The Balaban J connectivity index is 1.91. The van der Waals surface area contributed by atoms with Crippen LogP contribution in [-0.4, -0.2) is 28.6 Å². The number of aromatic nitrogens is 2. The first-order chi connectivity index (χ1) is 12.0. The van der Waals surface area contributed by atoms with Crippen molar-refractivity contribution in [3.05, 3.63) is 70.0 Å². The Morgan fingerprint density at radius 2 is 1.68 bits per heavy atom. The number of hydrogen-bond acceptors (Lipinski definition) is 4. The highest BCUT2D eigenvalue weighted by Gasteiger charge is 2.16. The van der Waals surface area contributed by atoms with Gasteiger partial charge in [0.05, 0.1) is 5.52 Å². The molecule has 126 valence electrons. The van der Waals surface area contributed by atoms with Gasteiger partial charge in [0.2, 0.25) is 5.43 Å². The number of para-hydroxylation sites is 1. The molecule has 3 rings (SSSR count). The highest BCUT2D eigenvalue weighted by Crippen LogP contribution is 2.12. The van der Waals surface area contributed by atoms with Crippen LogP contribution in [0.3, 0.4) is 0 Å². The molecule has 1 aromatic heterocycles. The average Bonchev–Trinajstić information content (AvgIpc) is 2.64. The number of amides is 2. The van der Waals surface area contributed by atoms with Crippen molar-refractivity contribution in [2.75, 3.05) is 12.4 Å². The molecular formula is C18H16N4O3. The van der Waals surface area contributed by atoms with E-state index in [1.807, 2.05) is 0 Å². The Bertz CT molecular complexity index is 1020. The third kappa shape index (κ3) is 3.12. The van der Waals surface area contributed by atoms with E-state index in [2.05, 4.69) is 15.7 Å². The topological polar surface area (TPSA) is 93.1 Å². The van der Waals surface area contributed by atoms with E-state index in [1.54, 1.807) is 62.6 Å². The lowest BCUT2D eigenvalue weighted by molar-refractivity contribution is 0.0962. The van der Waals surface area contributed by atoms with Crippen molar-refractivity contribution in [2.45, 2.75) is 0 Å². The summed E-state index contributed by atoms with van der Waals surface area (Å²) in [5.41, 5.74) is 0.985. The van der Waals surface area contributed by atoms with E-state index in [0.29, 0.717) is 22.2 Å². The standard InChI is InChI=1S/C18H16N4O3/c1-19-17(24)11-7-9-12(10-8-11)20-18(25)15-16(23)13-5-3-4-6-14(13)22(2)21-15/h3-10H,1-2H3,(H,19,24)(H,20,25). The molecule has 3 aromatic rings. The van der Waals surface area contributed by atoms with Crippen molar-refractivity contribution in [2.24, 2.45) is 7.05 Å². The molecular weight excluding hydrogens is 320 g/mol. The zero-order valence-corrected chi connectivity index (χ0v) is 13.7. The zero-order valence-electron chi connectivity index (χ0n) is 13.7. The van der Waals surface area contributed by atoms with Gasteiger partial charge in [-0.05, 0) is 36.4 Å². The number of carbonyl (C=O) groups excluding carboxylic acids is 2. The molecule has 7 heteroatoms. The highest BCUT2D eigenvalue weighted by molar-refractivity contribution is 6.04. The van der Waals surface area contributed by atoms with E-state index >= 15 is 0 Å². The van der Waals surface area contributed by atoms with Crippen molar-refractivity contribution in [3.63, 3.8) is 0 Å². The summed E-state index contributed by atoms with van der Waals surface area (Å²) in [5, 5.41) is 9.66. The molecule has 0 aliphatic carbocycles. The van der Waals surface area contributed by atoms with Crippen molar-refractivity contribution in [3.8, 4) is 0 Å². The molecule has 0 fully saturated rings. The third-order valence-electron chi connectivity index (χ3n) is 3.81. The van der Waals surface area contributed by atoms with Gasteiger partial charge in [0, 0.05) is 30.7 Å². The van der Waals surface area contributed by atoms with Crippen LogP contribution in [0, 0.1) is 0 Å². The van der Waals surface area contributed by atoms with Crippen molar-refractivity contribution in [1.29, 1.82) is 0 Å². The number of carbonyl (C=O) groups is 2. The van der Waals surface area contributed by atoms with Gasteiger partial charge in [-0.25, -0.2) is 0 Å². The summed E-state index contributed by atoms with van der Waals surface area (Å²) in [7, 11) is 3.22. The Labute approximate surface area is 143 Å². The molecule has 0 saturated carbocycles. The minimum atomic E-state index is -0.598. The molecule has 25 heavy (non-hydrogen) atoms. The second kappa shape index (κ2) is 6.56. The number of benzene rings is 2. The molecule has 0 aliphatic heterocycles. The van der Waals surface area contributed by atoms with E-state index < -0.39 is 11.3 Å². The predicted octanol–water partition coefficient (Wildman–Crippen LogP) is 1.55. The molecule has 0 radical (unpaired) electrons. The zero-order chi connectivity index (χ0) is 18.0. The largest absolute Gasteiger partial charge is 0.355 e. The van der Waals surface area contributed by atoms with Crippen LogP contribution in [0.5, 0.6) is 0 Å². The van der Waals surface area contributed by atoms with Crippen LogP contribution in [0.15, 0.2) is 53.3 Å². The molecule has 0 aliphatic rings. The van der Waals surface area contributed by atoms with E-state index in [9.17, 15) is 14.4 Å². The fourth-order valence-electron chi connectivity index (χ4n) is 2.51. The maximum absolute atomic E-state index is 12.5. The van der Waals surface area contributed by atoms with Crippen LogP contribution >= 0.6 is 0 Å². The second-order valence-corrected chi connectivity index (χ2v) is 5.43. The molecule has 0 unspecified atom stereocenters. The van der Waals surface area contributed by atoms with Gasteiger partial charge < -0.3 is 10.6 Å². The number of nitrogens with zero attached hydrogens (tertiary/aromatic N) is 2. The Kier molecular flexibility index (Phi) is 4.30. The number of nitrogens with one attached hydrogen (secondary N) is 2. The lowest BCUT2D eigenvalue weighted by atomic mass is 10.1. The first-order valence-corrected chi connectivity index (χ1v) is 7.61. The highest BCUT2D eigenvalue weighted by atomic mass is 16.2. The van der Waals surface area contributed by atoms with Crippen molar-refractivity contribution in [1.82, 2.24) is 15.1 Å². The third-order valence-corrected chi connectivity index (χ3v) is 3.81. The summed E-state index contributed by atoms with van der Waals surface area (Å²) in [6, 6.07) is 13.3. The lowest BCUT2D eigenvalue weighted by Crippen LogP contribution is -2.26. The van der Waals surface area contributed by atoms with Crippen LogP contribution in [0.2, 0.25) is 0 Å². The molecule has 7 nitrogen and oxygen atoms in total. The molecule has 0 atom stereocenters. The quantitative estimate of drug-likeness (QED) is 0.759. The normalized spacial score (nSPS) is 10.5. The van der Waals surface area contributed by atoms with E-state index in [1.165, 1.54) is 4.68 Å². The first-order valence-electron chi connectivity index (χ1n) is 7.61. The van der Waals surface area contributed by atoms with Crippen molar-refractivity contribution >= 4 is 28.4 Å². The minimum Gasteiger partial charge on any atom is -0.355 e. The molecule has 2 N–H and O–H groups in total. The number of rotatable bonds is 3. The summed E-state index contributed by atoms with van der Waals surface area (Å²) in [5.74, 6) is -0.818. The average molecular weight is 336 g/mol. The van der Waals surface area contributed by atoms with Gasteiger partial charge in [-0.2, -0.15) is 5.10 Å². The second-order valence-electron chi connectivity index (χ2n) is 5.43. The summed E-state index contributed by atoms with van der Waals surface area (Å²) >= 11 is 0. The molecule has 0 bridgehead atoms. The Morgan fingerprint density at radius 3 is 2.36 bits per heavy atom. The Morgan fingerprint density at radius 1 is 1.00 bits per heavy atom. The van der Waals surface area contributed by atoms with Crippen LogP contribution in [0.4, 0.5) is 5.69 Å². The van der Waals surface area contributed by atoms with Crippen LogP contribution in [0.25, 0.3) is 10.9 Å².